The lowest BCUT2D eigenvalue weighted by Crippen LogP contribution is -2.29. The number of para-hydroxylation sites is 1. The first-order valence-electron chi connectivity index (χ1n) is 10.4. The number of nitrogens with one attached hydrogen (secondary N) is 1. The van der Waals surface area contributed by atoms with Crippen LogP contribution >= 0.6 is 0 Å². The van der Waals surface area contributed by atoms with Crippen molar-refractivity contribution in [3.8, 4) is 5.75 Å². The number of nitrogens with zero attached hydrogens (tertiary/aromatic N) is 2. The van der Waals surface area contributed by atoms with Crippen molar-refractivity contribution in [2.45, 2.75) is 19.4 Å². The molecule has 1 saturated heterocycles. The first-order valence-corrected chi connectivity index (χ1v) is 10.4. The molecular formula is C24H25N3O4. The van der Waals surface area contributed by atoms with E-state index in [0.29, 0.717) is 17.9 Å². The molecule has 0 spiro atoms. The fraction of sp³-hybridized carbons (Fsp3) is 0.292. The molecule has 0 bridgehead atoms. The van der Waals surface area contributed by atoms with Crippen LogP contribution in [0.2, 0.25) is 0 Å². The number of aromatic nitrogens is 1. The van der Waals surface area contributed by atoms with Gasteiger partial charge >= 0.3 is 5.97 Å². The number of rotatable bonds is 7. The Balaban J connectivity index is 1.41. The molecule has 7 heteroatoms. The topological polar surface area (TPSA) is 80.8 Å². The Labute approximate surface area is 181 Å². The highest BCUT2D eigenvalue weighted by Gasteiger charge is 2.23. The summed E-state index contributed by atoms with van der Waals surface area (Å²) in [7, 11) is 1.60. The number of benzene rings is 2. The minimum atomic E-state index is -0.542. The van der Waals surface area contributed by atoms with Gasteiger partial charge in [0.15, 0.2) is 6.61 Å². The number of hydrogen-bond donors (Lipinski definition) is 1. The van der Waals surface area contributed by atoms with E-state index < -0.39 is 5.97 Å². The second kappa shape index (κ2) is 9.47. The van der Waals surface area contributed by atoms with Crippen molar-refractivity contribution in [2.24, 2.45) is 0 Å². The second-order valence-electron chi connectivity index (χ2n) is 7.45. The van der Waals surface area contributed by atoms with Gasteiger partial charge in [-0.25, -0.2) is 9.78 Å². The van der Waals surface area contributed by atoms with Crippen LogP contribution in [0.5, 0.6) is 5.75 Å². The summed E-state index contributed by atoms with van der Waals surface area (Å²) in [6.07, 6.45) is 2.13. The van der Waals surface area contributed by atoms with Gasteiger partial charge in [0.05, 0.1) is 12.6 Å². The van der Waals surface area contributed by atoms with E-state index in [4.69, 9.17) is 14.5 Å². The molecule has 1 aromatic heterocycles. The van der Waals surface area contributed by atoms with Crippen LogP contribution in [-0.4, -0.2) is 43.7 Å². The molecule has 7 nitrogen and oxygen atoms in total. The van der Waals surface area contributed by atoms with Crippen molar-refractivity contribution in [3.63, 3.8) is 0 Å². The molecule has 2 heterocycles. The standard InChI is InChI=1S/C24H25N3O4/c1-30-19-10-8-17(9-11-19)15-25-22(28)16-31-24(29)20-14-18-6-2-3-7-21(18)26-23(20)27-12-4-5-13-27/h2-3,6-11,14H,4-5,12-13,15-16H2,1H3,(H,25,28). The first-order chi connectivity index (χ1) is 15.1. The summed E-state index contributed by atoms with van der Waals surface area (Å²) in [4.78, 5) is 31.8. The van der Waals surface area contributed by atoms with Crippen LogP contribution in [0.1, 0.15) is 28.8 Å². The van der Waals surface area contributed by atoms with Crippen molar-refractivity contribution in [1.29, 1.82) is 0 Å². The number of carbonyl (C=O) groups is 2. The van der Waals surface area contributed by atoms with Crippen LogP contribution in [0.3, 0.4) is 0 Å². The minimum Gasteiger partial charge on any atom is -0.497 e. The molecule has 0 aliphatic carbocycles. The first kappa shape index (κ1) is 20.7. The van der Waals surface area contributed by atoms with Gasteiger partial charge in [0, 0.05) is 25.0 Å². The summed E-state index contributed by atoms with van der Waals surface area (Å²) in [5.41, 5.74) is 2.15. The van der Waals surface area contributed by atoms with Crippen LogP contribution < -0.4 is 15.0 Å². The highest BCUT2D eigenvalue weighted by Crippen LogP contribution is 2.27. The van der Waals surface area contributed by atoms with Gasteiger partial charge in [-0.2, -0.15) is 0 Å². The Morgan fingerprint density at radius 2 is 1.81 bits per heavy atom. The molecule has 0 saturated carbocycles. The van der Waals surface area contributed by atoms with Crippen LogP contribution in [0.25, 0.3) is 10.9 Å². The van der Waals surface area contributed by atoms with Crippen molar-refractivity contribution < 1.29 is 19.1 Å². The fourth-order valence-corrected chi connectivity index (χ4v) is 3.63. The van der Waals surface area contributed by atoms with E-state index in [1.807, 2.05) is 48.5 Å². The summed E-state index contributed by atoms with van der Waals surface area (Å²) in [6, 6.07) is 16.9. The molecule has 1 fully saturated rings. The molecule has 31 heavy (non-hydrogen) atoms. The van der Waals surface area contributed by atoms with Gasteiger partial charge in [-0.05, 0) is 42.7 Å². The van der Waals surface area contributed by atoms with Crippen LogP contribution in [0.4, 0.5) is 5.82 Å². The van der Waals surface area contributed by atoms with Gasteiger partial charge < -0.3 is 19.7 Å². The quantitative estimate of drug-likeness (QED) is 0.592. The van der Waals surface area contributed by atoms with Gasteiger partial charge in [-0.1, -0.05) is 30.3 Å². The van der Waals surface area contributed by atoms with E-state index in [2.05, 4.69) is 10.2 Å². The maximum atomic E-state index is 12.8. The van der Waals surface area contributed by atoms with E-state index in [9.17, 15) is 9.59 Å². The molecule has 1 N–H and O–H groups in total. The third kappa shape index (κ3) is 4.94. The number of carbonyl (C=O) groups excluding carboxylic acids is 2. The lowest BCUT2D eigenvalue weighted by atomic mass is 10.1. The fourth-order valence-electron chi connectivity index (χ4n) is 3.63. The van der Waals surface area contributed by atoms with Gasteiger partial charge in [-0.3, -0.25) is 4.79 Å². The van der Waals surface area contributed by atoms with Crippen LogP contribution in [-0.2, 0) is 16.1 Å². The Morgan fingerprint density at radius 1 is 1.06 bits per heavy atom. The lowest BCUT2D eigenvalue weighted by Gasteiger charge is -2.20. The van der Waals surface area contributed by atoms with E-state index >= 15 is 0 Å². The summed E-state index contributed by atoms with van der Waals surface area (Å²) in [6.45, 7) is 1.71. The zero-order valence-corrected chi connectivity index (χ0v) is 17.5. The Bertz CT molecular complexity index is 1080. The highest BCUT2D eigenvalue weighted by atomic mass is 16.5. The maximum Gasteiger partial charge on any atom is 0.342 e. The van der Waals surface area contributed by atoms with Crippen molar-refractivity contribution in [1.82, 2.24) is 10.3 Å². The van der Waals surface area contributed by atoms with Gasteiger partial charge in [0.2, 0.25) is 0 Å². The highest BCUT2D eigenvalue weighted by molar-refractivity contribution is 6.00. The SMILES string of the molecule is COc1ccc(CNC(=O)COC(=O)c2cc3ccccc3nc2N2CCCC2)cc1. The second-order valence-corrected chi connectivity index (χ2v) is 7.45. The molecule has 0 atom stereocenters. The molecule has 0 unspecified atom stereocenters. The Hall–Kier alpha value is -3.61. The smallest absolute Gasteiger partial charge is 0.342 e. The molecule has 1 aliphatic rings. The number of fused-ring (bicyclic) bond motifs is 1. The van der Waals surface area contributed by atoms with Crippen molar-refractivity contribution in [3.05, 3.63) is 65.7 Å². The normalized spacial score (nSPS) is 13.3. The maximum absolute atomic E-state index is 12.8. The molecule has 0 radical (unpaired) electrons. The number of ether oxygens (including phenoxy) is 2. The predicted molar refractivity (Wildman–Crippen MR) is 118 cm³/mol. The van der Waals surface area contributed by atoms with E-state index in [1.165, 1.54) is 0 Å². The molecule has 4 rings (SSSR count). The molecule has 2 aromatic carbocycles. The minimum absolute atomic E-state index is 0.344. The van der Waals surface area contributed by atoms with E-state index in [-0.39, 0.29) is 12.5 Å². The average Bonchev–Trinajstić information content (AvgIpc) is 3.35. The molecule has 1 aliphatic heterocycles. The lowest BCUT2D eigenvalue weighted by molar-refractivity contribution is -0.124. The molecule has 160 valence electrons. The number of esters is 1. The van der Waals surface area contributed by atoms with Gasteiger partial charge in [-0.15, -0.1) is 0 Å². The number of methoxy groups -OCH3 is 1. The van der Waals surface area contributed by atoms with Gasteiger partial charge in [0.25, 0.3) is 5.91 Å². The third-order valence-electron chi connectivity index (χ3n) is 5.31. The predicted octanol–water partition coefficient (Wildman–Crippen LogP) is 3.32. The molecule has 1 amide bonds. The number of anilines is 1. The Kier molecular flexibility index (Phi) is 6.31. The van der Waals surface area contributed by atoms with Crippen molar-refractivity contribution >= 4 is 28.6 Å². The largest absolute Gasteiger partial charge is 0.497 e. The summed E-state index contributed by atoms with van der Waals surface area (Å²) in [5, 5.41) is 3.62. The summed E-state index contributed by atoms with van der Waals surface area (Å²) < 4.78 is 10.4. The Morgan fingerprint density at radius 3 is 2.55 bits per heavy atom. The van der Waals surface area contributed by atoms with E-state index in [0.717, 1.165) is 48.1 Å². The zero-order valence-electron chi connectivity index (χ0n) is 17.5. The monoisotopic (exact) mass is 419 g/mol. The molecular weight excluding hydrogens is 394 g/mol. The average molecular weight is 419 g/mol. The van der Waals surface area contributed by atoms with Crippen LogP contribution in [0, 0.1) is 0 Å². The number of amides is 1. The zero-order chi connectivity index (χ0) is 21.6. The molecule has 3 aromatic rings. The summed E-state index contributed by atoms with van der Waals surface area (Å²) >= 11 is 0. The van der Waals surface area contributed by atoms with Gasteiger partial charge in [0.1, 0.15) is 17.1 Å². The number of pyridine rings is 1. The third-order valence-corrected chi connectivity index (χ3v) is 5.31. The van der Waals surface area contributed by atoms with Crippen molar-refractivity contribution in [2.75, 3.05) is 31.7 Å². The summed E-state index contributed by atoms with van der Waals surface area (Å²) in [5.74, 6) is 0.474. The van der Waals surface area contributed by atoms with E-state index in [1.54, 1.807) is 13.2 Å². The number of hydrogen-bond acceptors (Lipinski definition) is 6. The van der Waals surface area contributed by atoms with Crippen LogP contribution in [0.15, 0.2) is 54.6 Å².